The van der Waals surface area contributed by atoms with Crippen molar-refractivity contribution < 1.29 is 37.0 Å². The minimum absolute atomic E-state index is 0.0828. The van der Waals surface area contributed by atoms with Crippen LogP contribution in [0, 0.1) is 11.2 Å². The molecule has 2 saturated heterocycles. The molecule has 0 aliphatic carbocycles. The van der Waals surface area contributed by atoms with Gasteiger partial charge in [-0.05, 0) is 36.8 Å². The number of benzene rings is 2. The molecule has 0 radical (unpaired) electrons. The molecule has 1 N–H and O–H groups in total. The fourth-order valence-corrected chi connectivity index (χ4v) is 4.25. The van der Waals surface area contributed by atoms with E-state index in [4.69, 9.17) is 14.6 Å². The van der Waals surface area contributed by atoms with Crippen LogP contribution in [0.1, 0.15) is 24.9 Å². The Kier molecular flexibility index (Phi) is 7.93. The number of halogens is 4. The zero-order chi connectivity index (χ0) is 24.9. The lowest BCUT2D eigenvalue weighted by Crippen LogP contribution is -2.41. The van der Waals surface area contributed by atoms with Gasteiger partial charge in [0.1, 0.15) is 5.82 Å². The summed E-state index contributed by atoms with van der Waals surface area (Å²) < 4.78 is 50.9. The fraction of sp³-hybridized carbons (Fsp3) is 0.417. The van der Waals surface area contributed by atoms with E-state index in [2.05, 4.69) is 36.1 Å². The van der Waals surface area contributed by atoms with Crippen molar-refractivity contribution in [3.8, 4) is 0 Å². The van der Waals surface area contributed by atoms with Crippen molar-refractivity contribution in [2.45, 2.75) is 25.6 Å². The molecule has 0 saturated carbocycles. The Hall–Kier alpha value is -2.98. The lowest BCUT2D eigenvalue weighted by molar-refractivity contribution is -0.192. The lowest BCUT2D eigenvalue weighted by atomic mass is 9.86. The molecule has 34 heavy (non-hydrogen) atoms. The molecule has 2 unspecified atom stereocenters. The number of ether oxygens (including phenoxy) is 1. The third kappa shape index (κ3) is 6.32. The summed E-state index contributed by atoms with van der Waals surface area (Å²) in [5.74, 6) is -2.97. The van der Waals surface area contributed by atoms with Gasteiger partial charge in [0.15, 0.2) is 0 Å². The summed E-state index contributed by atoms with van der Waals surface area (Å²) >= 11 is 0. The first-order chi connectivity index (χ1) is 16.0. The van der Waals surface area contributed by atoms with Crippen molar-refractivity contribution in [3.63, 3.8) is 0 Å². The number of carbonyl (C=O) groups excluding carboxylic acids is 1. The maximum absolute atomic E-state index is 13.2. The van der Waals surface area contributed by atoms with Crippen molar-refractivity contribution in [1.82, 2.24) is 4.90 Å². The molecule has 1 spiro atoms. The second-order valence-electron chi connectivity index (χ2n) is 8.55. The quantitative estimate of drug-likeness (QED) is 0.662. The summed E-state index contributed by atoms with van der Waals surface area (Å²) in [6, 6.07) is 16.9. The van der Waals surface area contributed by atoms with Crippen molar-refractivity contribution in [2.24, 2.45) is 5.41 Å². The maximum atomic E-state index is 13.2. The summed E-state index contributed by atoms with van der Waals surface area (Å²) in [5.41, 5.74) is 1.80. The van der Waals surface area contributed by atoms with Crippen LogP contribution >= 0.6 is 0 Å². The van der Waals surface area contributed by atoms with E-state index in [1.165, 1.54) is 17.7 Å². The van der Waals surface area contributed by atoms with Crippen molar-refractivity contribution in [1.29, 1.82) is 0 Å². The monoisotopic (exact) mass is 482 g/mol. The van der Waals surface area contributed by atoms with E-state index in [1.807, 2.05) is 6.07 Å². The van der Waals surface area contributed by atoms with Crippen LogP contribution in [0.2, 0.25) is 0 Å². The summed E-state index contributed by atoms with van der Waals surface area (Å²) in [7, 11) is 0. The molecule has 2 aromatic rings. The van der Waals surface area contributed by atoms with Crippen LogP contribution in [0.5, 0.6) is 0 Å². The number of alkyl halides is 3. The van der Waals surface area contributed by atoms with Gasteiger partial charge in [0, 0.05) is 43.2 Å². The van der Waals surface area contributed by atoms with Crippen LogP contribution in [-0.4, -0.2) is 60.9 Å². The van der Waals surface area contributed by atoms with Crippen molar-refractivity contribution in [3.05, 3.63) is 66.0 Å². The molecular formula is C24H26F4N2O4. The second-order valence-corrected chi connectivity index (χ2v) is 8.55. The highest BCUT2D eigenvalue weighted by atomic mass is 19.4. The van der Waals surface area contributed by atoms with E-state index in [9.17, 15) is 22.4 Å². The van der Waals surface area contributed by atoms with Crippen molar-refractivity contribution in [2.75, 3.05) is 37.7 Å². The summed E-state index contributed by atoms with van der Waals surface area (Å²) in [6.07, 6.45) is -4.62. The lowest BCUT2D eigenvalue weighted by Gasteiger charge is -2.35. The molecule has 2 aliphatic heterocycles. The van der Waals surface area contributed by atoms with Gasteiger partial charge in [-0.25, -0.2) is 9.18 Å². The molecule has 2 heterocycles. The largest absolute Gasteiger partial charge is 0.490 e. The number of nitrogens with zero attached hydrogens (tertiary/aromatic N) is 2. The van der Waals surface area contributed by atoms with Crippen LogP contribution in [0.4, 0.5) is 23.2 Å². The second kappa shape index (κ2) is 10.5. The van der Waals surface area contributed by atoms with E-state index in [0.717, 1.165) is 18.8 Å². The Bertz CT molecular complexity index is 985. The topological polar surface area (TPSA) is 70.1 Å². The number of amides is 1. The van der Waals surface area contributed by atoms with Gasteiger partial charge >= 0.3 is 12.1 Å². The van der Waals surface area contributed by atoms with Crippen LogP contribution in [0.25, 0.3) is 0 Å². The number of rotatable bonds is 3. The van der Waals surface area contributed by atoms with Gasteiger partial charge < -0.3 is 14.7 Å². The highest BCUT2D eigenvalue weighted by molar-refractivity contribution is 5.96. The number of hydrogen-bond acceptors (Lipinski definition) is 4. The van der Waals surface area contributed by atoms with E-state index in [-0.39, 0.29) is 23.2 Å². The van der Waals surface area contributed by atoms with E-state index >= 15 is 0 Å². The van der Waals surface area contributed by atoms with Gasteiger partial charge in [0.2, 0.25) is 5.91 Å². The molecule has 0 aromatic heterocycles. The van der Waals surface area contributed by atoms with Gasteiger partial charge in [-0.1, -0.05) is 30.3 Å². The van der Waals surface area contributed by atoms with E-state index < -0.39 is 12.1 Å². The summed E-state index contributed by atoms with van der Waals surface area (Å²) in [6.45, 7) is 5.73. The molecule has 2 aromatic carbocycles. The van der Waals surface area contributed by atoms with E-state index in [0.29, 0.717) is 26.2 Å². The first-order valence-corrected chi connectivity index (χ1v) is 10.7. The third-order valence-corrected chi connectivity index (χ3v) is 6.00. The highest BCUT2D eigenvalue weighted by Crippen LogP contribution is 2.38. The van der Waals surface area contributed by atoms with Gasteiger partial charge in [0.05, 0.1) is 13.2 Å². The Morgan fingerprint density at radius 3 is 2.29 bits per heavy atom. The van der Waals surface area contributed by atoms with Crippen LogP contribution in [0.15, 0.2) is 54.6 Å². The van der Waals surface area contributed by atoms with Crippen molar-refractivity contribution >= 4 is 17.6 Å². The SMILES string of the molecule is CC(c1ccccc1)N1CCOCC2(CC(=O)N(c3ccc(F)cc3)C2)C1.O=C(O)C(F)(F)F. The number of carboxylic acid groups (broad SMARTS) is 1. The molecule has 4 rings (SSSR count). The minimum atomic E-state index is -5.08. The fourth-order valence-electron chi connectivity index (χ4n) is 4.25. The van der Waals surface area contributed by atoms with E-state index in [1.54, 1.807) is 17.0 Å². The highest BCUT2D eigenvalue weighted by Gasteiger charge is 2.46. The zero-order valence-corrected chi connectivity index (χ0v) is 18.6. The Labute approximate surface area is 194 Å². The number of carboxylic acids is 1. The first-order valence-electron chi connectivity index (χ1n) is 10.7. The van der Waals surface area contributed by atoms with Crippen LogP contribution in [0.3, 0.4) is 0 Å². The predicted molar refractivity (Wildman–Crippen MR) is 117 cm³/mol. The predicted octanol–water partition coefficient (Wildman–Crippen LogP) is 4.28. The van der Waals surface area contributed by atoms with Gasteiger partial charge in [-0.2, -0.15) is 13.2 Å². The Balaban J connectivity index is 0.000000406. The molecule has 10 heteroatoms. The average Bonchev–Trinajstić information content (AvgIpc) is 2.98. The number of carbonyl (C=O) groups is 2. The van der Waals surface area contributed by atoms with Crippen LogP contribution in [-0.2, 0) is 14.3 Å². The van der Waals surface area contributed by atoms with Gasteiger partial charge in [-0.15, -0.1) is 0 Å². The Morgan fingerprint density at radius 1 is 1.09 bits per heavy atom. The average molecular weight is 482 g/mol. The molecular weight excluding hydrogens is 456 g/mol. The smallest absolute Gasteiger partial charge is 0.475 e. The minimum Gasteiger partial charge on any atom is -0.475 e. The Morgan fingerprint density at radius 2 is 1.71 bits per heavy atom. The third-order valence-electron chi connectivity index (χ3n) is 6.00. The molecule has 0 bridgehead atoms. The van der Waals surface area contributed by atoms with Crippen LogP contribution < -0.4 is 4.90 Å². The standard InChI is InChI=1S/C22H25FN2O2.C2HF3O2/c1-17(18-5-3-2-4-6-18)24-11-12-27-16-22(14-24)13-21(26)25(15-22)20-9-7-19(23)8-10-20;3-2(4,5)1(6)7/h2-10,17H,11-16H2,1H3;(H,6,7). The normalized spacial score (nSPS) is 22.1. The number of aliphatic carboxylic acids is 1. The number of hydrogen-bond donors (Lipinski definition) is 1. The first kappa shape index (κ1) is 25.6. The molecule has 1 amide bonds. The summed E-state index contributed by atoms with van der Waals surface area (Å²) in [4.78, 5) is 25.8. The summed E-state index contributed by atoms with van der Waals surface area (Å²) in [5, 5.41) is 7.12. The molecule has 2 aliphatic rings. The molecule has 184 valence electrons. The van der Waals surface area contributed by atoms with Gasteiger partial charge in [-0.3, -0.25) is 9.69 Å². The zero-order valence-electron chi connectivity index (χ0n) is 18.6. The maximum Gasteiger partial charge on any atom is 0.490 e. The molecule has 6 nitrogen and oxygen atoms in total. The molecule has 2 fully saturated rings. The van der Waals surface area contributed by atoms with Gasteiger partial charge in [0.25, 0.3) is 0 Å². The molecule has 2 atom stereocenters. The number of anilines is 1.